The van der Waals surface area contributed by atoms with Gasteiger partial charge in [0.25, 0.3) is 0 Å². The molecule has 0 bridgehead atoms. The predicted molar refractivity (Wildman–Crippen MR) is 115 cm³/mol. The van der Waals surface area contributed by atoms with Crippen molar-refractivity contribution in [3.8, 4) is 5.88 Å². The normalized spacial score (nSPS) is 23.4. The van der Waals surface area contributed by atoms with Gasteiger partial charge in [0.2, 0.25) is 5.88 Å². The van der Waals surface area contributed by atoms with Gasteiger partial charge in [0, 0.05) is 64.5 Å². The van der Waals surface area contributed by atoms with Gasteiger partial charge in [-0.2, -0.15) is 0 Å². The Labute approximate surface area is 179 Å². The maximum absolute atomic E-state index is 6.45. The molecule has 4 heterocycles. The van der Waals surface area contributed by atoms with Gasteiger partial charge in [-0.1, -0.05) is 30.3 Å². The van der Waals surface area contributed by atoms with Crippen LogP contribution in [-0.2, 0) is 24.2 Å². The molecule has 0 radical (unpaired) electrons. The molecular formula is C24H32N4O2. The highest BCUT2D eigenvalue weighted by Crippen LogP contribution is 2.28. The van der Waals surface area contributed by atoms with Gasteiger partial charge in [-0.05, 0) is 30.7 Å². The van der Waals surface area contributed by atoms with Crippen LogP contribution in [-0.4, -0.2) is 65.3 Å². The Morgan fingerprint density at radius 1 is 1.00 bits per heavy atom. The third-order valence-electron chi connectivity index (χ3n) is 6.66. The van der Waals surface area contributed by atoms with Crippen molar-refractivity contribution in [3.63, 3.8) is 0 Å². The summed E-state index contributed by atoms with van der Waals surface area (Å²) in [6, 6.07) is 10.7. The van der Waals surface area contributed by atoms with E-state index in [0.29, 0.717) is 0 Å². The first-order chi connectivity index (χ1) is 14.8. The van der Waals surface area contributed by atoms with Gasteiger partial charge in [-0.3, -0.25) is 9.80 Å². The Balaban J connectivity index is 1.20. The molecule has 1 unspecified atom stereocenters. The number of hydrogen-bond acceptors (Lipinski definition) is 6. The van der Waals surface area contributed by atoms with E-state index in [-0.39, 0.29) is 6.10 Å². The van der Waals surface area contributed by atoms with Crippen LogP contribution in [0, 0.1) is 5.92 Å². The minimum Gasteiger partial charge on any atom is -0.473 e. The van der Waals surface area contributed by atoms with Crippen LogP contribution < -0.4 is 4.74 Å². The van der Waals surface area contributed by atoms with Crippen LogP contribution in [0.3, 0.4) is 0 Å². The number of nitrogens with zero attached hydrogens (tertiary/aromatic N) is 4. The summed E-state index contributed by atoms with van der Waals surface area (Å²) in [5.74, 6) is 1.58. The second-order valence-electron chi connectivity index (χ2n) is 8.89. The lowest BCUT2D eigenvalue weighted by Gasteiger charge is -2.29. The van der Waals surface area contributed by atoms with Crippen molar-refractivity contribution in [1.29, 1.82) is 0 Å². The first-order valence-corrected chi connectivity index (χ1v) is 11.4. The van der Waals surface area contributed by atoms with E-state index >= 15 is 0 Å². The molecule has 0 aliphatic carbocycles. The van der Waals surface area contributed by atoms with Crippen LogP contribution in [0.15, 0.2) is 36.7 Å². The fourth-order valence-electron chi connectivity index (χ4n) is 4.96. The molecule has 0 N–H and O–H groups in total. The third-order valence-corrected chi connectivity index (χ3v) is 6.66. The lowest BCUT2D eigenvalue weighted by Crippen LogP contribution is -2.33. The molecule has 2 fully saturated rings. The Bertz CT molecular complexity index is 825. The number of ether oxygens (including phenoxy) is 2. The number of rotatable bonds is 6. The number of fused-ring (bicyclic) bond motifs is 1. The van der Waals surface area contributed by atoms with Crippen molar-refractivity contribution in [3.05, 3.63) is 53.5 Å². The smallest absolute Gasteiger partial charge is 0.221 e. The summed E-state index contributed by atoms with van der Waals surface area (Å²) in [4.78, 5) is 14.1. The van der Waals surface area contributed by atoms with Gasteiger partial charge in [0.1, 0.15) is 12.4 Å². The highest BCUT2D eigenvalue weighted by molar-refractivity contribution is 5.32. The summed E-state index contributed by atoms with van der Waals surface area (Å²) in [5, 5.41) is 0. The van der Waals surface area contributed by atoms with E-state index in [2.05, 4.69) is 50.1 Å². The first-order valence-electron chi connectivity index (χ1n) is 11.4. The van der Waals surface area contributed by atoms with Crippen molar-refractivity contribution in [2.75, 3.05) is 39.4 Å². The Morgan fingerprint density at radius 3 is 2.73 bits per heavy atom. The summed E-state index contributed by atoms with van der Waals surface area (Å²) in [6.07, 6.45) is 6.33. The molecule has 0 saturated carbocycles. The zero-order valence-electron chi connectivity index (χ0n) is 17.7. The van der Waals surface area contributed by atoms with E-state index in [0.717, 1.165) is 76.3 Å². The SMILES string of the molecule is c1ccc(CN2CCc3ncnc(OC4CCN(CC5CCOCC5)C4)c3C2)cc1. The van der Waals surface area contributed by atoms with Crippen LogP contribution in [0.2, 0.25) is 0 Å². The largest absolute Gasteiger partial charge is 0.473 e. The highest BCUT2D eigenvalue weighted by atomic mass is 16.5. The summed E-state index contributed by atoms with van der Waals surface area (Å²) < 4.78 is 11.9. The fourth-order valence-corrected chi connectivity index (χ4v) is 4.96. The van der Waals surface area contributed by atoms with Crippen LogP contribution in [0.5, 0.6) is 5.88 Å². The molecule has 6 nitrogen and oxygen atoms in total. The average Bonchev–Trinajstić information content (AvgIpc) is 3.22. The molecule has 1 atom stereocenters. The Morgan fingerprint density at radius 2 is 1.87 bits per heavy atom. The summed E-state index contributed by atoms with van der Waals surface area (Å²) in [5.41, 5.74) is 3.68. The average molecular weight is 409 g/mol. The lowest BCUT2D eigenvalue weighted by molar-refractivity contribution is 0.0541. The van der Waals surface area contributed by atoms with Crippen molar-refractivity contribution in [2.45, 2.75) is 44.9 Å². The molecule has 1 aromatic heterocycles. The first kappa shape index (κ1) is 19.9. The van der Waals surface area contributed by atoms with Crippen molar-refractivity contribution in [1.82, 2.24) is 19.8 Å². The zero-order chi connectivity index (χ0) is 20.2. The fraction of sp³-hybridized carbons (Fsp3) is 0.583. The zero-order valence-corrected chi connectivity index (χ0v) is 17.7. The molecule has 5 rings (SSSR count). The number of benzene rings is 1. The summed E-state index contributed by atoms with van der Waals surface area (Å²) in [7, 11) is 0. The topological polar surface area (TPSA) is 50.7 Å². The number of hydrogen-bond donors (Lipinski definition) is 0. The summed E-state index contributed by atoms with van der Waals surface area (Å²) in [6.45, 7) is 7.99. The minimum absolute atomic E-state index is 0.230. The van der Waals surface area contributed by atoms with E-state index in [9.17, 15) is 0 Å². The van der Waals surface area contributed by atoms with Crippen LogP contribution in [0.25, 0.3) is 0 Å². The van der Waals surface area contributed by atoms with E-state index in [1.54, 1.807) is 6.33 Å². The van der Waals surface area contributed by atoms with Gasteiger partial charge in [0.05, 0.1) is 5.69 Å². The van der Waals surface area contributed by atoms with E-state index in [1.165, 1.54) is 30.5 Å². The predicted octanol–water partition coefficient (Wildman–Crippen LogP) is 2.91. The maximum atomic E-state index is 6.45. The number of likely N-dealkylation sites (tertiary alicyclic amines) is 1. The quantitative estimate of drug-likeness (QED) is 0.733. The van der Waals surface area contributed by atoms with Gasteiger partial charge in [-0.15, -0.1) is 0 Å². The van der Waals surface area contributed by atoms with E-state index in [1.807, 2.05) is 0 Å². The Hall–Kier alpha value is -2.02. The molecule has 160 valence electrons. The van der Waals surface area contributed by atoms with Crippen LogP contribution in [0.1, 0.15) is 36.1 Å². The maximum Gasteiger partial charge on any atom is 0.221 e. The monoisotopic (exact) mass is 408 g/mol. The molecule has 30 heavy (non-hydrogen) atoms. The molecule has 1 aromatic carbocycles. The van der Waals surface area contributed by atoms with Crippen molar-refractivity contribution >= 4 is 0 Å². The molecular weight excluding hydrogens is 376 g/mol. The van der Waals surface area contributed by atoms with Gasteiger partial charge in [-0.25, -0.2) is 9.97 Å². The van der Waals surface area contributed by atoms with Crippen LogP contribution >= 0.6 is 0 Å². The summed E-state index contributed by atoms with van der Waals surface area (Å²) >= 11 is 0. The molecule has 2 aromatic rings. The molecule has 2 saturated heterocycles. The lowest BCUT2D eigenvalue weighted by atomic mass is 10.00. The third kappa shape index (κ3) is 4.82. The minimum atomic E-state index is 0.230. The molecule has 3 aliphatic rings. The van der Waals surface area contributed by atoms with Crippen molar-refractivity contribution < 1.29 is 9.47 Å². The van der Waals surface area contributed by atoms with Gasteiger partial charge in [0.15, 0.2) is 0 Å². The van der Waals surface area contributed by atoms with E-state index in [4.69, 9.17) is 9.47 Å². The van der Waals surface area contributed by atoms with Gasteiger partial charge >= 0.3 is 0 Å². The van der Waals surface area contributed by atoms with Gasteiger partial charge < -0.3 is 9.47 Å². The second-order valence-corrected chi connectivity index (χ2v) is 8.89. The standard InChI is InChI=1S/C24H32N4O2/c1-2-4-19(5-3-1)14-28-11-7-23-22(17-28)24(26-18-25-23)30-21-6-10-27(16-21)15-20-8-12-29-13-9-20/h1-5,18,20-21H,6-17H2. The number of aromatic nitrogens is 2. The highest BCUT2D eigenvalue weighted by Gasteiger charge is 2.29. The van der Waals surface area contributed by atoms with Crippen molar-refractivity contribution in [2.24, 2.45) is 5.92 Å². The molecule has 3 aliphatic heterocycles. The molecule has 0 amide bonds. The molecule has 0 spiro atoms. The second kappa shape index (κ2) is 9.41. The van der Waals surface area contributed by atoms with Crippen LogP contribution in [0.4, 0.5) is 0 Å². The Kier molecular flexibility index (Phi) is 6.25. The van der Waals surface area contributed by atoms with E-state index < -0.39 is 0 Å². The molecule has 6 heteroatoms.